The molecule has 1 heterocycles. The summed E-state index contributed by atoms with van der Waals surface area (Å²) in [4.78, 5) is 4.56. The molecule has 19 heavy (non-hydrogen) atoms. The Bertz CT molecular complexity index is 706. The number of hydrogen-bond donors (Lipinski definition) is 0. The summed E-state index contributed by atoms with van der Waals surface area (Å²) in [5.74, 6) is -0.240. The molecule has 0 radical (unpaired) electrons. The molecule has 3 aromatic rings. The van der Waals surface area contributed by atoms with Crippen molar-refractivity contribution in [3.63, 3.8) is 0 Å². The SMILES string of the molecule is Fc1cccc(-c2csc(-c3ccc(Br)cc3)n2)c1. The van der Waals surface area contributed by atoms with Crippen molar-refractivity contribution in [3.05, 3.63) is 64.2 Å². The highest BCUT2D eigenvalue weighted by atomic mass is 79.9. The smallest absolute Gasteiger partial charge is 0.124 e. The molecule has 0 unspecified atom stereocenters. The largest absolute Gasteiger partial charge is 0.236 e. The average molecular weight is 334 g/mol. The van der Waals surface area contributed by atoms with E-state index in [1.807, 2.05) is 35.7 Å². The fourth-order valence-corrected chi connectivity index (χ4v) is 2.88. The lowest BCUT2D eigenvalue weighted by Crippen LogP contribution is -1.81. The van der Waals surface area contributed by atoms with Gasteiger partial charge >= 0.3 is 0 Å². The lowest BCUT2D eigenvalue weighted by molar-refractivity contribution is 0.628. The van der Waals surface area contributed by atoms with Gasteiger partial charge in [-0.2, -0.15) is 0 Å². The van der Waals surface area contributed by atoms with E-state index in [-0.39, 0.29) is 5.82 Å². The Morgan fingerprint density at radius 1 is 1.00 bits per heavy atom. The Morgan fingerprint density at radius 2 is 1.79 bits per heavy atom. The lowest BCUT2D eigenvalue weighted by atomic mass is 10.2. The fourth-order valence-electron chi connectivity index (χ4n) is 1.78. The summed E-state index contributed by atoms with van der Waals surface area (Å²) < 4.78 is 14.2. The number of halogens is 2. The van der Waals surface area contributed by atoms with Crippen molar-refractivity contribution >= 4 is 27.3 Å². The molecule has 0 saturated heterocycles. The molecular formula is C15H9BrFNS. The van der Waals surface area contributed by atoms with Crippen LogP contribution in [-0.2, 0) is 0 Å². The van der Waals surface area contributed by atoms with Crippen LogP contribution in [0.2, 0.25) is 0 Å². The zero-order valence-electron chi connectivity index (χ0n) is 9.81. The molecule has 94 valence electrons. The second-order valence-electron chi connectivity index (χ2n) is 4.06. The minimum atomic E-state index is -0.240. The van der Waals surface area contributed by atoms with E-state index >= 15 is 0 Å². The van der Waals surface area contributed by atoms with Crippen molar-refractivity contribution in [1.29, 1.82) is 0 Å². The summed E-state index contributed by atoms with van der Waals surface area (Å²) >= 11 is 4.97. The van der Waals surface area contributed by atoms with Crippen LogP contribution in [0, 0.1) is 5.82 Å². The first kappa shape index (κ1) is 12.5. The van der Waals surface area contributed by atoms with Gasteiger partial charge < -0.3 is 0 Å². The molecule has 0 aliphatic carbocycles. The highest BCUT2D eigenvalue weighted by Gasteiger charge is 2.07. The van der Waals surface area contributed by atoms with Crippen LogP contribution < -0.4 is 0 Å². The van der Waals surface area contributed by atoms with E-state index in [4.69, 9.17) is 0 Å². The van der Waals surface area contributed by atoms with E-state index in [1.165, 1.54) is 12.1 Å². The zero-order valence-corrected chi connectivity index (χ0v) is 12.2. The van der Waals surface area contributed by atoms with Gasteiger partial charge in [0.1, 0.15) is 10.8 Å². The van der Waals surface area contributed by atoms with Crippen molar-refractivity contribution in [3.8, 4) is 21.8 Å². The van der Waals surface area contributed by atoms with Gasteiger partial charge in [0.2, 0.25) is 0 Å². The molecule has 1 aromatic heterocycles. The summed E-state index contributed by atoms with van der Waals surface area (Å²) in [6.45, 7) is 0. The van der Waals surface area contributed by atoms with Crippen molar-refractivity contribution in [1.82, 2.24) is 4.98 Å². The fraction of sp³-hybridized carbons (Fsp3) is 0. The Hall–Kier alpha value is -1.52. The first-order chi connectivity index (χ1) is 9.22. The first-order valence-electron chi connectivity index (χ1n) is 5.70. The molecule has 0 saturated carbocycles. The summed E-state index contributed by atoms with van der Waals surface area (Å²) in [6, 6.07) is 14.5. The molecular weight excluding hydrogens is 325 g/mol. The molecule has 0 amide bonds. The summed E-state index contributed by atoms with van der Waals surface area (Å²) in [6.07, 6.45) is 0. The quantitative estimate of drug-likeness (QED) is 0.613. The minimum absolute atomic E-state index is 0.240. The lowest BCUT2D eigenvalue weighted by Gasteiger charge is -1.97. The van der Waals surface area contributed by atoms with Gasteiger partial charge in [0, 0.05) is 21.0 Å². The van der Waals surface area contributed by atoms with Crippen LogP contribution in [0.5, 0.6) is 0 Å². The van der Waals surface area contributed by atoms with Gasteiger partial charge in [0.05, 0.1) is 5.69 Å². The summed E-state index contributed by atoms with van der Waals surface area (Å²) in [5, 5.41) is 2.89. The van der Waals surface area contributed by atoms with E-state index < -0.39 is 0 Å². The number of rotatable bonds is 2. The average Bonchev–Trinajstić information content (AvgIpc) is 2.89. The van der Waals surface area contributed by atoms with Crippen molar-refractivity contribution < 1.29 is 4.39 Å². The topological polar surface area (TPSA) is 12.9 Å². The van der Waals surface area contributed by atoms with Crippen molar-refractivity contribution in [2.75, 3.05) is 0 Å². The van der Waals surface area contributed by atoms with Gasteiger partial charge in [-0.15, -0.1) is 11.3 Å². The Morgan fingerprint density at radius 3 is 2.53 bits per heavy atom. The highest BCUT2D eigenvalue weighted by molar-refractivity contribution is 9.10. The van der Waals surface area contributed by atoms with E-state index in [2.05, 4.69) is 20.9 Å². The molecule has 4 heteroatoms. The first-order valence-corrected chi connectivity index (χ1v) is 7.37. The van der Waals surface area contributed by atoms with Crippen LogP contribution in [0.25, 0.3) is 21.8 Å². The van der Waals surface area contributed by atoms with Crippen molar-refractivity contribution in [2.24, 2.45) is 0 Å². The van der Waals surface area contributed by atoms with Crippen LogP contribution in [0.3, 0.4) is 0 Å². The molecule has 0 bridgehead atoms. The standard InChI is InChI=1S/C15H9BrFNS/c16-12-6-4-10(5-7-12)15-18-14(9-19-15)11-2-1-3-13(17)8-11/h1-9H. The predicted molar refractivity (Wildman–Crippen MR) is 80.6 cm³/mol. The Kier molecular flexibility index (Phi) is 3.44. The second-order valence-corrected chi connectivity index (χ2v) is 5.83. The van der Waals surface area contributed by atoms with Crippen LogP contribution >= 0.6 is 27.3 Å². The van der Waals surface area contributed by atoms with E-state index in [9.17, 15) is 4.39 Å². The molecule has 1 nitrogen and oxygen atoms in total. The van der Waals surface area contributed by atoms with Crippen LogP contribution in [-0.4, -0.2) is 4.98 Å². The molecule has 3 rings (SSSR count). The number of thiazole rings is 1. The van der Waals surface area contributed by atoms with Crippen LogP contribution in [0.15, 0.2) is 58.4 Å². The predicted octanol–water partition coefficient (Wildman–Crippen LogP) is 5.38. The Balaban J connectivity index is 1.97. The molecule has 0 aliphatic rings. The Labute approximate surface area is 122 Å². The van der Waals surface area contributed by atoms with Crippen molar-refractivity contribution in [2.45, 2.75) is 0 Å². The van der Waals surface area contributed by atoms with Crippen LogP contribution in [0.1, 0.15) is 0 Å². The number of nitrogens with zero attached hydrogens (tertiary/aromatic N) is 1. The highest BCUT2D eigenvalue weighted by Crippen LogP contribution is 2.29. The summed E-state index contributed by atoms with van der Waals surface area (Å²) in [7, 11) is 0. The van der Waals surface area contributed by atoms with E-state index in [1.54, 1.807) is 17.4 Å². The molecule has 2 aromatic carbocycles. The normalized spacial score (nSPS) is 10.6. The number of benzene rings is 2. The number of hydrogen-bond acceptors (Lipinski definition) is 2. The third-order valence-corrected chi connectivity index (χ3v) is 4.14. The van der Waals surface area contributed by atoms with Gasteiger partial charge in [-0.25, -0.2) is 9.37 Å². The maximum atomic E-state index is 13.2. The van der Waals surface area contributed by atoms with Gasteiger partial charge in [-0.3, -0.25) is 0 Å². The van der Waals surface area contributed by atoms with Gasteiger partial charge in [-0.1, -0.05) is 40.2 Å². The molecule has 0 atom stereocenters. The van der Waals surface area contributed by atoms with Gasteiger partial charge in [0.25, 0.3) is 0 Å². The van der Waals surface area contributed by atoms with Gasteiger partial charge in [0.15, 0.2) is 0 Å². The maximum absolute atomic E-state index is 13.2. The molecule has 0 spiro atoms. The third kappa shape index (κ3) is 2.74. The monoisotopic (exact) mass is 333 g/mol. The zero-order chi connectivity index (χ0) is 13.2. The minimum Gasteiger partial charge on any atom is -0.236 e. The van der Waals surface area contributed by atoms with E-state index in [0.29, 0.717) is 0 Å². The molecule has 0 fully saturated rings. The molecule has 0 N–H and O–H groups in total. The van der Waals surface area contributed by atoms with E-state index in [0.717, 1.165) is 26.3 Å². The maximum Gasteiger partial charge on any atom is 0.124 e. The van der Waals surface area contributed by atoms with Crippen LogP contribution in [0.4, 0.5) is 4.39 Å². The van der Waals surface area contributed by atoms with Gasteiger partial charge in [-0.05, 0) is 24.3 Å². The second kappa shape index (κ2) is 5.23. The third-order valence-electron chi connectivity index (χ3n) is 2.72. The summed E-state index contributed by atoms with van der Waals surface area (Å²) in [5.41, 5.74) is 2.68. The molecule has 0 aliphatic heterocycles. The number of aromatic nitrogens is 1.